The van der Waals surface area contributed by atoms with Crippen LogP contribution in [-0.2, 0) is 21.3 Å². The van der Waals surface area contributed by atoms with E-state index in [0.717, 1.165) is 19.4 Å². The maximum absolute atomic E-state index is 12.2. The van der Waals surface area contributed by atoms with Crippen LogP contribution in [0.15, 0.2) is 17.2 Å². The number of sulfonamides is 1. The number of carbonyl (C=O) groups is 1. The van der Waals surface area contributed by atoms with Crippen molar-refractivity contribution in [1.82, 2.24) is 9.29 Å². The highest BCUT2D eigenvalue weighted by molar-refractivity contribution is 7.89. The molecule has 2 N–H and O–H groups in total. The van der Waals surface area contributed by atoms with Gasteiger partial charge in [-0.1, -0.05) is 0 Å². The van der Waals surface area contributed by atoms with Gasteiger partial charge in [0.25, 0.3) is 0 Å². The Hall–Kier alpha value is -1.38. The van der Waals surface area contributed by atoms with Gasteiger partial charge >= 0.3 is 5.97 Å². The fourth-order valence-electron chi connectivity index (χ4n) is 2.38. The topological polar surface area (TPSA) is 97.6 Å². The highest BCUT2D eigenvalue weighted by Gasteiger charge is 2.22. The van der Waals surface area contributed by atoms with E-state index in [2.05, 4.69) is 4.72 Å². The smallest absolute Gasteiger partial charge is 0.352 e. The predicted octanol–water partition coefficient (Wildman–Crippen LogP) is 1.05. The average molecular weight is 316 g/mol. The Kier molecular flexibility index (Phi) is 5.02. The number of hydrogen-bond donors (Lipinski definition) is 2. The van der Waals surface area contributed by atoms with Crippen LogP contribution >= 0.6 is 0 Å². The number of ether oxygens (including phenoxy) is 1. The molecule has 0 aromatic carbocycles. The van der Waals surface area contributed by atoms with Crippen LogP contribution < -0.4 is 4.72 Å². The largest absolute Gasteiger partial charge is 0.477 e. The fraction of sp³-hybridized carbons (Fsp3) is 0.615. The molecule has 2 rings (SSSR count). The molecule has 7 nitrogen and oxygen atoms in total. The van der Waals surface area contributed by atoms with Crippen molar-refractivity contribution in [2.24, 2.45) is 0 Å². The summed E-state index contributed by atoms with van der Waals surface area (Å²) in [5.41, 5.74) is -0.0306. The number of rotatable bonds is 7. The Labute approximate surface area is 124 Å². The lowest BCUT2D eigenvalue weighted by atomic mass is 10.2. The summed E-state index contributed by atoms with van der Waals surface area (Å²) in [4.78, 5) is 11.0. The molecule has 21 heavy (non-hydrogen) atoms. The van der Waals surface area contributed by atoms with Gasteiger partial charge in [-0.2, -0.15) is 0 Å². The molecule has 0 bridgehead atoms. The van der Waals surface area contributed by atoms with Gasteiger partial charge in [-0.05, 0) is 32.3 Å². The molecule has 2 heterocycles. The van der Waals surface area contributed by atoms with E-state index < -0.39 is 16.0 Å². The Morgan fingerprint density at radius 3 is 2.86 bits per heavy atom. The van der Waals surface area contributed by atoms with Crippen molar-refractivity contribution in [3.8, 4) is 0 Å². The molecule has 1 aromatic rings. The highest BCUT2D eigenvalue weighted by atomic mass is 32.2. The molecule has 1 aliphatic heterocycles. The number of aryl methyl sites for hydroxylation is 1. The number of aromatic nitrogens is 1. The Bertz CT molecular complexity index is 602. The number of hydrogen-bond acceptors (Lipinski definition) is 4. The van der Waals surface area contributed by atoms with Gasteiger partial charge in [0.1, 0.15) is 10.6 Å². The Balaban J connectivity index is 2.03. The molecule has 1 unspecified atom stereocenters. The quantitative estimate of drug-likeness (QED) is 0.783. The van der Waals surface area contributed by atoms with Crippen LogP contribution in [0, 0.1) is 0 Å². The number of aromatic carboxylic acids is 1. The van der Waals surface area contributed by atoms with Gasteiger partial charge < -0.3 is 14.4 Å². The van der Waals surface area contributed by atoms with E-state index in [1.54, 1.807) is 6.92 Å². The number of nitrogens with zero attached hydrogens (tertiary/aromatic N) is 1. The molecule has 1 atom stereocenters. The third kappa shape index (κ3) is 3.84. The van der Waals surface area contributed by atoms with E-state index >= 15 is 0 Å². The molecule has 1 saturated heterocycles. The molecular formula is C13H20N2O5S. The number of carboxylic acid groups (broad SMARTS) is 1. The second-order valence-electron chi connectivity index (χ2n) is 4.97. The SMILES string of the molecule is CCn1cc(S(=O)(=O)NCCC2CCCO2)cc1C(=O)O. The molecule has 0 saturated carbocycles. The van der Waals surface area contributed by atoms with Gasteiger partial charge in [0.05, 0.1) is 6.10 Å². The van der Waals surface area contributed by atoms with E-state index in [1.807, 2.05) is 0 Å². The third-order valence-corrected chi connectivity index (χ3v) is 4.95. The molecule has 0 radical (unpaired) electrons. The van der Waals surface area contributed by atoms with Gasteiger partial charge in [0.15, 0.2) is 0 Å². The van der Waals surface area contributed by atoms with Crippen LogP contribution in [0.5, 0.6) is 0 Å². The van der Waals surface area contributed by atoms with Crippen LogP contribution in [0.4, 0.5) is 0 Å². The van der Waals surface area contributed by atoms with Gasteiger partial charge in [-0.3, -0.25) is 0 Å². The summed E-state index contributed by atoms with van der Waals surface area (Å²) in [6, 6.07) is 1.18. The fourth-order valence-corrected chi connectivity index (χ4v) is 3.47. The highest BCUT2D eigenvalue weighted by Crippen LogP contribution is 2.17. The van der Waals surface area contributed by atoms with Crippen LogP contribution in [0.1, 0.15) is 36.7 Å². The zero-order chi connectivity index (χ0) is 15.5. The lowest BCUT2D eigenvalue weighted by Crippen LogP contribution is -2.27. The summed E-state index contributed by atoms with van der Waals surface area (Å²) in [7, 11) is -3.69. The van der Waals surface area contributed by atoms with Gasteiger partial charge in [-0.25, -0.2) is 17.9 Å². The summed E-state index contributed by atoms with van der Waals surface area (Å²) >= 11 is 0. The summed E-state index contributed by atoms with van der Waals surface area (Å²) < 4.78 is 33.6. The Morgan fingerprint density at radius 2 is 2.33 bits per heavy atom. The summed E-state index contributed by atoms with van der Waals surface area (Å²) in [6.45, 7) is 3.17. The van der Waals surface area contributed by atoms with Crippen molar-refractivity contribution in [3.63, 3.8) is 0 Å². The van der Waals surface area contributed by atoms with Crippen molar-refractivity contribution in [3.05, 3.63) is 18.0 Å². The van der Waals surface area contributed by atoms with Crippen molar-refractivity contribution in [1.29, 1.82) is 0 Å². The van der Waals surface area contributed by atoms with Crippen LogP contribution in [-0.4, -0.2) is 43.3 Å². The monoisotopic (exact) mass is 316 g/mol. The lowest BCUT2D eigenvalue weighted by molar-refractivity contribution is 0.0685. The van der Waals surface area contributed by atoms with Crippen LogP contribution in [0.2, 0.25) is 0 Å². The maximum Gasteiger partial charge on any atom is 0.352 e. The third-order valence-electron chi connectivity index (χ3n) is 3.52. The summed E-state index contributed by atoms with van der Waals surface area (Å²) in [6.07, 6.45) is 4.05. The van der Waals surface area contributed by atoms with Crippen molar-refractivity contribution >= 4 is 16.0 Å². The first-order valence-corrected chi connectivity index (χ1v) is 8.47. The van der Waals surface area contributed by atoms with Crippen LogP contribution in [0.3, 0.4) is 0 Å². The number of nitrogens with one attached hydrogen (secondary N) is 1. The van der Waals surface area contributed by atoms with Gasteiger partial charge in [0.2, 0.25) is 10.0 Å². The maximum atomic E-state index is 12.2. The van der Waals surface area contributed by atoms with Crippen LogP contribution in [0.25, 0.3) is 0 Å². The molecule has 118 valence electrons. The minimum absolute atomic E-state index is 0.0194. The predicted molar refractivity (Wildman–Crippen MR) is 75.8 cm³/mol. The standard InChI is InChI=1S/C13H20N2O5S/c1-2-15-9-11(8-12(15)13(16)17)21(18,19)14-6-5-10-4-3-7-20-10/h8-10,14H,2-7H2,1H3,(H,16,17). The number of carboxylic acids is 1. The van der Waals surface area contributed by atoms with Crippen molar-refractivity contribution in [2.45, 2.75) is 43.7 Å². The van der Waals surface area contributed by atoms with Gasteiger partial charge in [-0.15, -0.1) is 0 Å². The van der Waals surface area contributed by atoms with Crippen molar-refractivity contribution < 1.29 is 23.1 Å². The first-order chi connectivity index (χ1) is 9.94. The normalized spacial score (nSPS) is 19.0. The Morgan fingerprint density at radius 1 is 1.57 bits per heavy atom. The molecule has 0 spiro atoms. The van der Waals surface area contributed by atoms with E-state index in [0.29, 0.717) is 13.0 Å². The molecule has 0 amide bonds. The summed E-state index contributed by atoms with van der Waals surface area (Å²) in [5.74, 6) is -1.14. The first-order valence-electron chi connectivity index (χ1n) is 6.98. The van der Waals surface area contributed by atoms with Gasteiger partial charge in [0, 0.05) is 25.9 Å². The molecular weight excluding hydrogens is 296 g/mol. The second-order valence-corrected chi connectivity index (χ2v) is 6.74. The molecule has 8 heteroatoms. The van der Waals surface area contributed by atoms with E-state index in [4.69, 9.17) is 9.84 Å². The minimum atomic E-state index is -3.69. The molecule has 1 aromatic heterocycles. The average Bonchev–Trinajstić information content (AvgIpc) is 3.07. The minimum Gasteiger partial charge on any atom is -0.477 e. The van der Waals surface area contributed by atoms with E-state index in [9.17, 15) is 13.2 Å². The van der Waals surface area contributed by atoms with E-state index in [1.165, 1.54) is 16.8 Å². The first kappa shape index (κ1) is 16.0. The molecule has 1 aliphatic rings. The lowest BCUT2D eigenvalue weighted by Gasteiger charge is -2.09. The zero-order valence-corrected chi connectivity index (χ0v) is 12.7. The molecule has 0 aliphatic carbocycles. The molecule has 1 fully saturated rings. The van der Waals surface area contributed by atoms with Crippen molar-refractivity contribution in [2.75, 3.05) is 13.2 Å². The second kappa shape index (κ2) is 6.59. The van der Waals surface area contributed by atoms with E-state index in [-0.39, 0.29) is 23.2 Å². The summed E-state index contributed by atoms with van der Waals surface area (Å²) in [5, 5.41) is 9.04. The zero-order valence-electron chi connectivity index (χ0n) is 11.9.